The van der Waals surface area contributed by atoms with E-state index < -0.39 is 30.9 Å². The molecule has 0 radical (unpaired) electrons. The minimum atomic E-state index is -3.89. The molecule has 0 spiro atoms. The summed E-state index contributed by atoms with van der Waals surface area (Å²) in [4.78, 5) is 0.00876. The number of rotatable bonds is 3. The van der Waals surface area contributed by atoms with Crippen molar-refractivity contribution in [1.82, 2.24) is 4.31 Å². The summed E-state index contributed by atoms with van der Waals surface area (Å²) >= 11 is 0. The van der Waals surface area contributed by atoms with Gasteiger partial charge in [-0.1, -0.05) is 30.3 Å². The summed E-state index contributed by atoms with van der Waals surface area (Å²) in [7, 11) is -7.36. The first-order valence-corrected chi connectivity index (χ1v) is 11.4. The number of aryl methyl sites for hydroxylation is 1. The maximum absolute atomic E-state index is 13.3. The van der Waals surface area contributed by atoms with Crippen LogP contribution in [-0.2, 0) is 19.9 Å². The van der Waals surface area contributed by atoms with Crippen molar-refractivity contribution in [3.8, 4) is 0 Å². The molecular weight excluding hydrogens is 377 g/mol. The topological polar surface area (TPSA) is 71.5 Å². The lowest BCUT2D eigenvalue weighted by Crippen LogP contribution is -2.34. The van der Waals surface area contributed by atoms with Gasteiger partial charge in [-0.15, -0.1) is 0 Å². The monoisotopic (exact) mass is 397 g/mol. The third-order valence-electron chi connectivity index (χ3n) is 4.63. The van der Waals surface area contributed by atoms with Gasteiger partial charge in [0.1, 0.15) is 5.82 Å². The van der Waals surface area contributed by atoms with Crippen LogP contribution in [-0.4, -0.2) is 40.0 Å². The van der Waals surface area contributed by atoms with Gasteiger partial charge in [0.25, 0.3) is 0 Å². The maximum Gasteiger partial charge on any atom is 0.243 e. The van der Waals surface area contributed by atoms with Crippen LogP contribution in [0.4, 0.5) is 4.39 Å². The third kappa shape index (κ3) is 3.67. The molecule has 3 rings (SSSR count). The van der Waals surface area contributed by atoms with Gasteiger partial charge in [0.05, 0.1) is 15.9 Å². The molecule has 1 aliphatic rings. The van der Waals surface area contributed by atoms with Crippen LogP contribution in [0.15, 0.2) is 53.4 Å². The molecule has 5 nitrogen and oxygen atoms in total. The number of benzene rings is 2. The lowest BCUT2D eigenvalue weighted by Gasteiger charge is -2.21. The molecular formula is C18H20FNO4S2. The minimum Gasteiger partial charge on any atom is -0.228 e. The first-order chi connectivity index (χ1) is 12.2. The van der Waals surface area contributed by atoms with Crippen LogP contribution in [0.1, 0.15) is 22.8 Å². The Bertz CT molecular complexity index is 1000. The van der Waals surface area contributed by atoms with E-state index in [4.69, 9.17) is 0 Å². The number of sulfone groups is 1. The summed E-state index contributed by atoms with van der Waals surface area (Å²) in [6.07, 6.45) is 0.186. The highest BCUT2D eigenvalue weighted by Gasteiger charge is 2.36. The normalized spacial score (nSPS) is 21.2. The first kappa shape index (κ1) is 19.0. The van der Waals surface area contributed by atoms with E-state index in [1.54, 1.807) is 30.3 Å². The maximum atomic E-state index is 13.3. The summed E-state index contributed by atoms with van der Waals surface area (Å²) < 4.78 is 65.7. The van der Waals surface area contributed by atoms with E-state index >= 15 is 0 Å². The molecule has 0 bridgehead atoms. The van der Waals surface area contributed by atoms with E-state index in [2.05, 4.69) is 0 Å². The molecule has 1 aliphatic heterocycles. The molecule has 2 aromatic rings. The van der Waals surface area contributed by atoms with Gasteiger partial charge in [0.15, 0.2) is 9.84 Å². The molecule has 0 amide bonds. The largest absolute Gasteiger partial charge is 0.243 e. The number of sulfonamides is 1. The van der Waals surface area contributed by atoms with Crippen LogP contribution < -0.4 is 0 Å². The van der Waals surface area contributed by atoms with Crippen molar-refractivity contribution >= 4 is 19.9 Å². The van der Waals surface area contributed by atoms with Crippen molar-refractivity contribution in [2.75, 3.05) is 18.8 Å². The molecule has 1 saturated heterocycles. The van der Waals surface area contributed by atoms with Gasteiger partial charge in [-0.3, -0.25) is 0 Å². The number of hydrogen-bond acceptors (Lipinski definition) is 4. The number of halogens is 1. The Hall–Kier alpha value is -1.77. The van der Waals surface area contributed by atoms with Crippen LogP contribution in [0.2, 0.25) is 0 Å². The van der Waals surface area contributed by atoms with Crippen molar-refractivity contribution in [1.29, 1.82) is 0 Å². The number of nitrogens with zero attached hydrogens (tertiary/aromatic N) is 1. The Morgan fingerprint density at radius 3 is 2.42 bits per heavy atom. The van der Waals surface area contributed by atoms with Crippen LogP contribution in [0, 0.1) is 12.7 Å². The van der Waals surface area contributed by atoms with E-state index in [9.17, 15) is 21.2 Å². The average Bonchev–Trinajstić information content (AvgIpc) is 2.73. The van der Waals surface area contributed by atoms with Gasteiger partial charge in [0, 0.05) is 13.1 Å². The Morgan fingerprint density at radius 1 is 1.08 bits per heavy atom. The highest BCUT2D eigenvalue weighted by Crippen LogP contribution is 2.31. The highest BCUT2D eigenvalue weighted by molar-refractivity contribution is 7.92. The second-order valence-corrected chi connectivity index (χ2v) is 10.6. The Balaban J connectivity index is 1.92. The summed E-state index contributed by atoms with van der Waals surface area (Å²) in [5, 5.41) is -0.724. The van der Waals surface area contributed by atoms with Crippen LogP contribution in [0.3, 0.4) is 0 Å². The molecule has 1 atom stereocenters. The molecule has 1 unspecified atom stereocenters. The molecule has 2 aromatic carbocycles. The van der Waals surface area contributed by atoms with Crippen molar-refractivity contribution < 1.29 is 21.2 Å². The third-order valence-corrected chi connectivity index (χ3v) is 8.81. The predicted octanol–water partition coefficient (Wildman–Crippen LogP) is 2.68. The summed E-state index contributed by atoms with van der Waals surface area (Å²) in [5.41, 5.74) is 0.974. The SMILES string of the molecule is Cc1cc(F)ccc1S(=O)(=O)N1CCC(c2ccccc2)S(=O)(=O)CC1. The van der Waals surface area contributed by atoms with Crippen molar-refractivity contribution in [3.05, 3.63) is 65.5 Å². The molecule has 140 valence electrons. The zero-order chi connectivity index (χ0) is 18.9. The first-order valence-electron chi connectivity index (χ1n) is 8.24. The fourth-order valence-corrected chi connectivity index (χ4v) is 6.82. The Labute approximate surface area is 153 Å². The highest BCUT2D eigenvalue weighted by atomic mass is 32.2. The molecule has 1 fully saturated rings. The standard InChI is InChI=1S/C18H20FNO4S2/c1-14-13-16(19)7-8-17(14)26(23,24)20-10-9-18(25(21,22)12-11-20)15-5-3-2-4-6-15/h2-8,13,18H,9-12H2,1H3. The van der Waals surface area contributed by atoms with E-state index in [1.807, 2.05) is 0 Å². The van der Waals surface area contributed by atoms with Crippen LogP contribution in [0.5, 0.6) is 0 Å². The zero-order valence-electron chi connectivity index (χ0n) is 14.3. The van der Waals surface area contributed by atoms with Gasteiger partial charge < -0.3 is 0 Å². The smallest absolute Gasteiger partial charge is 0.228 e. The lowest BCUT2D eigenvalue weighted by molar-refractivity contribution is 0.427. The average molecular weight is 397 g/mol. The summed E-state index contributed by atoms with van der Waals surface area (Å²) in [5.74, 6) is -0.754. The van der Waals surface area contributed by atoms with Crippen molar-refractivity contribution in [2.45, 2.75) is 23.5 Å². The van der Waals surface area contributed by atoms with E-state index in [0.717, 1.165) is 12.1 Å². The van der Waals surface area contributed by atoms with Crippen LogP contribution >= 0.6 is 0 Å². The van der Waals surface area contributed by atoms with Crippen LogP contribution in [0.25, 0.3) is 0 Å². The fourth-order valence-electron chi connectivity index (χ4n) is 3.25. The van der Waals surface area contributed by atoms with Gasteiger partial charge in [-0.2, -0.15) is 4.31 Å². The molecule has 1 heterocycles. The lowest BCUT2D eigenvalue weighted by atomic mass is 10.1. The molecule has 0 aromatic heterocycles. The fraction of sp³-hybridized carbons (Fsp3) is 0.333. The van der Waals surface area contributed by atoms with E-state index in [-0.39, 0.29) is 30.2 Å². The molecule has 0 aliphatic carbocycles. The van der Waals surface area contributed by atoms with Gasteiger partial charge in [-0.05, 0) is 42.7 Å². The molecule has 0 saturated carbocycles. The van der Waals surface area contributed by atoms with E-state index in [0.29, 0.717) is 11.1 Å². The Kier molecular flexibility index (Phi) is 5.18. The molecule has 8 heteroatoms. The zero-order valence-corrected chi connectivity index (χ0v) is 15.9. The quantitative estimate of drug-likeness (QED) is 0.798. The summed E-state index contributed by atoms with van der Waals surface area (Å²) in [6, 6.07) is 12.3. The van der Waals surface area contributed by atoms with E-state index in [1.165, 1.54) is 17.3 Å². The number of hydrogen-bond donors (Lipinski definition) is 0. The Morgan fingerprint density at radius 2 is 1.77 bits per heavy atom. The minimum absolute atomic E-state index is 0.00876. The molecule has 0 N–H and O–H groups in total. The summed E-state index contributed by atoms with van der Waals surface area (Å²) in [6.45, 7) is 1.51. The predicted molar refractivity (Wildman–Crippen MR) is 97.5 cm³/mol. The van der Waals surface area contributed by atoms with Gasteiger partial charge in [0.2, 0.25) is 10.0 Å². The van der Waals surface area contributed by atoms with Gasteiger partial charge >= 0.3 is 0 Å². The second kappa shape index (κ2) is 7.09. The van der Waals surface area contributed by atoms with Gasteiger partial charge in [-0.25, -0.2) is 21.2 Å². The van der Waals surface area contributed by atoms with Crippen molar-refractivity contribution in [3.63, 3.8) is 0 Å². The van der Waals surface area contributed by atoms with Crippen molar-refractivity contribution in [2.24, 2.45) is 0 Å². The molecule has 26 heavy (non-hydrogen) atoms. The second-order valence-electron chi connectivity index (χ2n) is 6.37.